The molecule has 14 rings (SSSR count). The number of aromatic nitrogens is 3. The molecule has 1 unspecified atom stereocenters. The minimum absolute atomic E-state index is 0.0756. The Morgan fingerprint density at radius 3 is 1.09 bits per heavy atom. The van der Waals surface area contributed by atoms with Crippen molar-refractivity contribution in [2.75, 3.05) is 33.0 Å². The fourth-order valence-electron chi connectivity index (χ4n) is 13.9. The van der Waals surface area contributed by atoms with Crippen molar-refractivity contribution in [1.29, 1.82) is 15.8 Å². The maximum Gasteiger partial charge on any atom is 0.417 e. The Morgan fingerprint density at radius 1 is 0.452 bits per heavy atom. The highest BCUT2D eigenvalue weighted by atomic mass is 19.4. The highest BCUT2D eigenvalue weighted by Gasteiger charge is 2.39. The van der Waals surface area contributed by atoms with Gasteiger partial charge in [-0.3, -0.25) is 0 Å². The number of fused-ring (bicyclic) bond motifs is 3. The van der Waals surface area contributed by atoms with E-state index in [-0.39, 0.29) is 48.9 Å². The number of ether oxygens (including phenoxy) is 7. The third-order valence-electron chi connectivity index (χ3n) is 19.1. The molecule has 5 heterocycles. The largest absolute Gasteiger partial charge is 0.457 e. The molecule has 2 aliphatic heterocycles. The summed E-state index contributed by atoms with van der Waals surface area (Å²) in [6.07, 6.45) is -8.87. The molecule has 0 spiro atoms. The van der Waals surface area contributed by atoms with Crippen LogP contribution in [0.3, 0.4) is 0 Å². The van der Waals surface area contributed by atoms with Crippen LogP contribution in [0.25, 0.3) is 49.8 Å². The molecular weight excluding hydrogens is 1510 g/mol. The summed E-state index contributed by atoms with van der Waals surface area (Å²) in [5.41, 5.74) is 5.34. The number of benzene rings is 9. The fraction of sp³-hybridized carbons (Fsp3) is 0.253. The van der Waals surface area contributed by atoms with Gasteiger partial charge in [0.25, 0.3) is 0 Å². The van der Waals surface area contributed by atoms with Gasteiger partial charge in [-0.25, -0.2) is 0 Å². The topological polar surface area (TPSA) is 272 Å². The predicted octanol–water partition coefficient (Wildman–Crippen LogP) is 18.1. The number of hydrogen-bond donors (Lipinski definition) is 6. The first-order valence-electron chi connectivity index (χ1n) is 35.9. The Labute approximate surface area is 653 Å². The van der Waals surface area contributed by atoms with Gasteiger partial charge in [-0.1, -0.05) is 42.5 Å². The molecule has 2 saturated heterocycles. The van der Waals surface area contributed by atoms with Gasteiger partial charge in [-0.15, -0.1) is 6.58 Å². The minimum Gasteiger partial charge on any atom is -0.457 e. The Balaban J connectivity index is 0.000000159. The van der Waals surface area contributed by atoms with Crippen molar-refractivity contribution in [1.82, 2.24) is 13.7 Å². The number of aliphatic hydroxyl groups is 6. The lowest BCUT2D eigenvalue weighted by molar-refractivity contribution is -0.139. The molecule has 19 nitrogen and oxygen atoms in total. The molecule has 3 aromatic heterocycles. The summed E-state index contributed by atoms with van der Waals surface area (Å²) in [7, 11) is 0. The van der Waals surface area contributed by atoms with Crippen LogP contribution in [0.4, 0.5) is 39.5 Å². The van der Waals surface area contributed by atoms with E-state index in [2.05, 4.69) is 23.4 Å². The van der Waals surface area contributed by atoms with Gasteiger partial charge in [0.1, 0.15) is 52.8 Å². The lowest BCUT2D eigenvalue weighted by atomic mass is 9.99. The first-order valence-corrected chi connectivity index (χ1v) is 35.9. The quantitative estimate of drug-likeness (QED) is 0.0288. The molecule has 2 fully saturated rings. The zero-order chi connectivity index (χ0) is 82.5. The van der Waals surface area contributed by atoms with Crippen LogP contribution >= 0.6 is 0 Å². The molecule has 0 saturated carbocycles. The molecule has 594 valence electrons. The van der Waals surface area contributed by atoms with Gasteiger partial charge >= 0.3 is 18.5 Å². The summed E-state index contributed by atoms with van der Waals surface area (Å²) in [5.74, 6) is 0.0902. The monoisotopic (exact) mass is 1580 g/mol. The SMILES string of the molecule is C=CCc1cn(-c2ccc(Oc3ccc(C(F)(F)F)c(C#N)c3)cc2)c2cccc([C@H]3COC(C)(C)O3)c12.CC1(C)OC[C@H](c2cccc3c2c(C[C@H](O)CO)cn3-c2ccc(Oc3ccc(C(F)(F)F)c(C#N)c3)cc2)O1.N#Cc1cc(Oc2ccc(-n3cc(C[C@H](O)CO)c4c(C(O)CO)cccc43)cc2)ccc1C(F)(F)F. The van der Waals surface area contributed by atoms with Gasteiger partial charge < -0.3 is 77.5 Å². The van der Waals surface area contributed by atoms with E-state index in [1.807, 2.05) is 97.6 Å². The van der Waals surface area contributed by atoms with E-state index in [0.29, 0.717) is 64.6 Å². The van der Waals surface area contributed by atoms with Crippen LogP contribution in [0, 0.1) is 34.0 Å². The number of halogens is 9. The van der Waals surface area contributed by atoms with E-state index in [0.717, 1.165) is 97.9 Å². The van der Waals surface area contributed by atoms with Gasteiger partial charge in [0.05, 0.1) is 113 Å². The maximum atomic E-state index is 13.1. The molecular formula is C87H75F9N6O13. The van der Waals surface area contributed by atoms with E-state index in [1.54, 1.807) is 97.2 Å². The van der Waals surface area contributed by atoms with Gasteiger partial charge in [0.15, 0.2) is 11.6 Å². The number of aliphatic hydroxyl groups excluding tert-OH is 6. The van der Waals surface area contributed by atoms with Crippen molar-refractivity contribution >= 4 is 32.7 Å². The maximum absolute atomic E-state index is 13.1. The number of alkyl halides is 9. The van der Waals surface area contributed by atoms with Crippen LogP contribution in [0.1, 0.15) is 113 Å². The fourth-order valence-corrected chi connectivity index (χ4v) is 13.9. The van der Waals surface area contributed by atoms with Gasteiger partial charge in [-0.05, 0) is 213 Å². The molecule has 2 aliphatic rings. The van der Waals surface area contributed by atoms with Crippen LogP contribution in [0.15, 0.2) is 213 Å². The number of nitrogens with zero attached hydrogens (tertiary/aromatic N) is 6. The highest BCUT2D eigenvalue weighted by molar-refractivity contribution is 5.91. The summed E-state index contributed by atoms with van der Waals surface area (Å²) in [4.78, 5) is 0. The second kappa shape index (κ2) is 34.1. The van der Waals surface area contributed by atoms with E-state index in [1.165, 1.54) is 12.1 Å². The lowest BCUT2D eigenvalue weighted by Gasteiger charge is -2.18. The number of rotatable bonds is 21. The van der Waals surface area contributed by atoms with E-state index < -0.39 is 95.0 Å². The number of hydrogen-bond acceptors (Lipinski definition) is 16. The predicted molar refractivity (Wildman–Crippen MR) is 406 cm³/mol. The van der Waals surface area contributed by atoms with E-state index in [9.17, 15) is 70.2 Å². The Hall–Kier alpha value is -11.8. The number of allylic oxidation sites excluding steroid dienone is 1. The molecule has 0 aliphatic carbocycles. The first kappa shape index (κ1) is 82.6. The molecule has 0 bridgehead atoms. The number of nitriles is 3. The molecule has 0 amide bonds. The average molecular weight is 1580 g/mol. The van der Waals surface area contributed by atoms with Crippen molar-refractivity contribution in [2.24, 2.45) is 0 Å². The van der Waals surface area contributed by atoms with Gasteiger partial charge in [-0.2, -0.15) is 55.3 Å². The molecule has 5 atom stereocenters. The smallest absolute Gasteiger partial charge is 0.417 e. The molecule has 12 aromatic rings. The average Bonchev–Trinajstić information content (AvgIpc) is 1.62. The third kappa shape index (κ3) is 18.7. The highest BCUT2D eigenvalue weighted by Crippen LogP contribution is 2.44. The summed E-state index contributed by atoms with van der Waals surface area (Å²) in [5, 5.41) is 89.0. The first-order chi connectivity index (χ1) is 54.7. The molecule has 0 radical (unpaired) electrons. The molecule has 6 N–H and O–H groups in total. The van der Waals surface area contributed by atoms with Crippen molar-refractivity contribution in [2.45, 2.75) is 108 Å². The third-order valence-corrected chi connectivity index (χ3v) is 19.1. The van der Waals surface area contributed by atoms with Crippen molar-refractivity contribution < 1.29 is 103 Å². The summed E-state index contributed by atoms with van der Waals surface area (Å²) >= 11 is 0. The van der Waals surface area contributed by atoms with Gasteiger partial charge in [0, 0.05) is 64.7 Å². The van der Waals surface area contributed by atoms with E-state index >= 15 is 0 Å². The van der Waals surface area contributed by atoms with Crippen LogP contribution < -0.4 is 14.2 Å². The van der Waals surface area contributed by atoms with E-state index in [4.69, 9.17) is 48.9 Å². The minimum atomic E-state index is -4.65. The standard InChI is InChI=1S/C30H27F3N2O5.C30H25F3N2O3.C27H23F3N2O5/c1-29(2)38-17-27(40-29)24-4-3-5-26-28(24)19(12-21(37)16-36)15-35(26)20-6-8-22(9-7-20)39-23-10-11-25(30(31,32)33)18(13-23)14-34;1-4-6-19-17-35(26-8-5-7-24(28(19)26)27-18-36-29(2,3)38-27)21-9-11-22(12-10-21)37-23-13-14-25(30(31,32)33)20(15-23)16-34;28-27(29,30)23-9-8-21(11-16(23)12-31)37-20-6-4-18(5-7-20)32-13-17(10-19(35)14-33)26-22(25(36)15-34)2-1-3-24(26)32/h3-11,13,15,21,27,36-37H,12,16-17H2,1-2H3;4-5,7-15,17,27H,1,6,18H2,2-3H3;1-9,11,13,19,25,33-36H,10,14-15H2/t21-,27+;27-;19-,25?/m010/s1. The van der Waals surface area contributed by atoms with Crippen molar-refractivity contribution in [3.05, 3.63) is 280 Å². The Bertz CT molecular complexity index is 5660. The van der Waals surface area contributed by atoms with Crippen molar-refractivity contribution in [3.8, 4) is 69.8 Å². The van der Waals surface area contributed by atoms with Crippen LogP contribution in [0.2, 0.25) is 0 Å². The zero-order valence-electron chi connectivity index (χ0n) is 62.0. The summed E-state index contributed by atoms with van der Waals surface area (Å²) in [6, 6.07) is 51.8. The Kier molecular flexibility index (Phi) is 24.5. The summed E-state index contributed by atoms with van der Waals surface area (Å²) < 4.78 is 165. The van der Waals surface area contributed by atoms with Gasteiger partial charge in [0.2, 0.25) is 0 Å². The van der Waals surface area contributed by atoms with Crippen molar-refractivity contribution in [3.63, 3.8) is 0 Å². The normalized spacial score (nSPS) is 16.0. The second-order valence-corrected chi connectivity index (χ2v) is 27.9. The second-order valence-electron chi connectivity index (χ2n) is 27.9. The Morgan fingerprint density at radius 2 is 0.774 bits per heavy atom. The molecule has 9 aromatic carbocycles. The van der Waals surface area contributed by atoms with Crippen LogP contribution in [-0.4, -0.2) is 101 Å². The zero-order valence-corrected chi connectivity index (χ0v) is 62.0. The summed E-state index contributed by atoms with van der Waals surface area (Å²) in [6.45, 7) is 10.9. The van der Waals surface area contributed by atoms with Crippen LogP contribution in [0.5, 0.6) is 34.5 Å². The molecule has 28 heteroatoms. The molecule has 115 heavy (non-hydrogen) atoms. The van der Waals surface area contributed by atoms with Crippen LogP contribution in [-0.2, 0) is 56.7 Å². The lowest BCUT2D eigenvalue weighted by Crippen LogP contribution is -2.19.